The Morgan fingerprint density at radius 3 is 2.20 bits per heavy atom. The molecule has 0 aromatic heterocycles. The number of hydrogen-bond donors (Lipinski definition) is 3. The Balaban J connectivity index is 1.87. The molecule has 0 spiro atoms. The summed E-state index contributed by atoms with van der Waals surface area (Å²) in [5, 5.41) is 16.5. The van der Waals surface area contributed by atoms with Crippen LogP contribution in [0.4, 0.5) is 17.1 Å². The molecule has 0 saturated carbocycles. The van der Waals surface area contributed by atoms with Crippen molar-refractivity contribution in [2.45, 2.75) is 32.9 Å². The Labute approximate surface area is 174 Å². The fourth-order valence-electron chi connectivity index (χ4n) is 3.07. The first kappa shape index (κ1) is 21.1. The second-order valence-electron chi connectivity index (χ2n) is 7.52. The third-order valence-corrected chi connectivity index (χ3v) is 5.19. The number of carbonyl (C=O) groups excluding carboxylic acids is 1. The number of nitrogens with zero attached hydrogens (tertiary/aromatic N) is 1. The molecular weight excluding hydrogens is 382 g/mol. The Bertz CT molecular complexity index is 1130. The molecule has 7 nitrogen and oxygen atoms in total. The summed E-state index contributed by atoms with van der Waals surface area (Å²) in [6, 6.07) is 13.9. The SMILES string of the molecule is CC(C)N(C)C(=O)c1cccc(Nc2c(N[C@H](C)c3ccccc3)c(=O)c2=O)c1O. The molecule has 0 fully saturated rings. The van der Waals surface area contributed by atoms with Crippen molar-refractivity contribution in [3.05, 3.63) is 80.1 Å². The van der Waals surface area contributed by atoms with Gasteiger partial charge in [-0.15, -0.1) is 0 Å². The van der Waals surface area contributed by atoms with Crippen molar-refractivity contribution in [3.63, 3.8) is 0 Å². The molecule has 3 aromatic rings. The molecule has 30 heavy (non-hydrogen) atoms. The fraction of sp³-hybridized carbons (Fsp3) is 0.261. The van der Waals surface area contributed by atoms with Gasteiger partial charge in [-0.2, -0.15) is 0 Å². The van der Waals surface area contributed by atoms with Gasteiger partial charge in [0.1, 0.15) is 11.4 Å². The highest BCUT2D eigenvalue weighted by molar-refractivity contribution is 5.99. The van der Waals surface area contributed by atoms with Crippen LogP contribution in [0.3, 0.4) is 0 Å². The smallest absolute Gasteiger partial charge is 0.257 e. The van der Waals surface area contributed by atoms with Crippen LogP contribution in [0.5, 0.6) is 5.75 Å². The number of benzene rings is 2. The predicted molar refractivity (Wildman–Crippen MR) is 118 cm³/mol. The lowest BCUT2D eigenvalue weighted by Crippen LogP contribution is -2.37. The number of phenolic OH excluding ortho intramolecular Hbond substituents is 1. The zero-order chi connectivity index (χ0) is 22.0. The number of amides is 1. The van der Waals surface area contributed by atoms with Gasteiger partial charge in [-0.05, 0) is 38.5 Å². The topological polar surface area (TPSA) is 98.7 Å². The molecule has 156 valence electrons. The molecule has 1 atom stereocenters. The zero-order valence-corrected chi connectivity index (χ0v) is 17.4. The van der Waals surface area contributed by atoms with Crippen LogP contribution in [0.15, 0.2) is 58.1 Å². The van der Waals surface area contributed by atoms with E-state index in [9.17, 15) is 19.5 Å². The van der Waals surface area contributed by atoms with Gasteiger partial charge >= 0.3 is 0 Å². The van der Waals surface area contributed by atoms with Crippen molar-refractivity contribution in [1.82, 2.24) is 4.90 Å². The van der Waals surface area contributed by atoms with Crippen molar-refractivity contribution >= 4 is 23.0 Å². The molecule has 3 aromatic carbocycles. The van der Waals surface area contributed by atoms with Crippen molar-refractivity contribution in [2.24, 2.45) is 0 Å². The third-order valence-electron chi connectivity index (χ3n) is 5.19. The summed E-state index contributed by atoms with van der Waals surface area (Å²) in [5.41, 5.74) is 0.192. The van der Waals surface area contributed by atoms with E-state index in [0.29, 0.717) is 0 Å². The van der Waals surface area contributed by atoms with Crippen molar-refractivity contribution < 1.29 is 9.90 Å². The lowest BCUT2D eigenvalue weighted by Gasteiger charge is -2.23. The predicted octanol–water partition coefficient (Wildman–Crippen LogP) is 3.39. The molecule has 3 rings (SSSR count). The normalized spacial score (nSPS) is 12.0. The van der Waals surface area contributed by atoms with Gasteiger partial charge in [-0.1, -0.05) is 36.4 Å². The van der Waals surface area contributed by atoms with E-state index in [1.165, 1.54) is 11.0 Å². The van der Waals surface area contributed by atoms with E-state index >= 15 is 0 Å². The van der Waals surface area contributed by atoms with E-state index in [0.717, 1.165) is 5.56 Å². The van der Waals surface area contributed by atoms with Crippen LogP contribution in [0.2, 0.25) is 0 Å². The molecule has 0 radical (unpaired) electrons. The quantitative estimate of drug-likeness (QED) is 0.410. The minimum atomic E-state index is -0.673. The summed E-state index contributed by atoms with van der Waals surface area (Å²) in [6.07, 6.45) is 0. The van der Waals surface area contributed by atoms with Gasteiger partial charge < -0.3 is 20.6 Å². The first-order chi connectivity index (χ1) is 14.2. The number of nitrogens with one attached hydrogen (secondary N) is 2. The number of phenols is 1. The van der Waals surface area contributed by atoms with E-state index < -0.39 is 10.9 Å². The van der Waals surface area contributed by atoms with Gasteiger partial charge in [0, 0.05) is 19.1 Å². The number of anilines is 3. The first-order valence-electron chi connectivity index (χ1n) is 9.73. The standard InChI is InChI=1S/C23H25N3O4/c1-13(2)26(4)23(30)16-11-8-12-17(20(16)27)25-19-18(21(28)22(19)29)24-14(3)15-9-6-5-7-10-15/h5-14,24-25,27H,1-4H3/t14-/m1/s1. The van der Waals surface area contributed by atoms with Gasteiger partial charge in [0.05, 0.1) is 11.3 Å². The summed E-state index contributed by atoms with van der Waals surface area (Å²) in [6.45, 7) is 5.62. The molecule has 0 saturated heterocycles. The van der Waals surface area contributed by atoms with Gasteiger partial charge in [-0.3, -0.25) is 14.4 Å². The molecule has 0 aliphatic rings. The first-order valence-corrected chi connectivity index (χ1v) is 9.73. The Kier molecular flexibility index (Phi) is 5.91. The maximum Gasteiger partial charge on any atom is 0.257 e. The summed E-state index contributed by atoms with van der Waals surface area (Å²) in [4.78, 5) is 38.4. The van der Waals surface area contributed by atoms with Crippen molar-refractivity contribution in [2.75, 3.05) is 17.7 Å². The summed E-state index contributed by atoms with van der Waals surface area (Å²) >= 11 is 0. The number of para-hydroxylation sites is 1. The van der Waals surface area contributed by atoms with Crippen LogP contribution < -0.4 is 21.5 Å². The average molecular weight is 407 g/mol. The third kappa shape index (κ3) is 3.91. The second-order valence-corrected chi connectivity index (χ2v) is 7.52. The van der Waals surface area contributed by atoms with Crippen LogP contribution in [0.25, 0.3) is 0 Å². The summed E-state index contributed by atoms with van der Waals surface area (Å²) in [7, 11) is 1.65. The highest BCUT2D eigenvalue weighted by Crippen LogP contribution is 2.33. The Morgan fingerprint density at radius 1 is 0.933 bits per heavy atom. The van der Waals surface area contributed by atoms with Crippen LogP contribution in [-0.2, 0) is 0 Å². The van der Waals surface area contributed by atoms with Gasteiger partial charge in [0.15, 0.2) is 5.75 Å². The van der Waals surface area contributed by atoms with E-state index in [4.69, 9.17) is 0 Å². The highest BCUT2D eigenvalue weighted by atomic mass is 16.3. The molecule has 0 heterocycles. The molecule has 7 heteroatoms. The number of rotatable bonds is 7. The Hall–Kier alpha value is -3.61. The number of aromatic hydroxyl groups is 1. The molecule has 1 amide bonds. The van der Waals surface area contributed by atoms with E-state index in [-0.39, 0.29) is 46.4 Å². The van der Waals surface area contributed by atoms with Gasteiger partial charge in [0.25, 0.3) is 16.8 Å². The van der Waals surface area contributed by atoms with E-state index in [2.05, 4.69) is 10.6 Å². The lowest BCUT2D eigenvalue weighted by molar-refractivity contribution is 0.0752. The van der Waals surface area contributed by atoms with E-state index in [1.807, 2.05) is 51.1 Å². The largest absolute Gasteiger partial charge is 0.505 e. The second kappa shape index (κ2) is 8.41. The number of carbonyl (C=O) groups is 1. The lowest BCUT2D eigenvalue weighted by atomic mass is 10.1. The maximum absolute atomic E-state index is 12.6. The van der Waals surface area contributed by atoms with Gasteiger partial charge in [0.2, 0.25) is 0 Å². The fourth-order valence-corrected chi connectivity index (χ4v) is 3.07. The van der Waals surface area contributed by atoms with Crippen molar-refractivity contribution in [3.8, 4) is 5.75 Å². The molecule has 0 unspecified atom stereocenters. The zero-order valence-electron chi connectivity index (χ0n) is 17.4. The Morgan fingerprint density at radius 2 is 1.57 bits per heavy atom. The monoisotopic (exact) mass is 407 g/mol. The molecule has 3 N–H and O–H groups in total. The molecular formula is C23H25N3O4. The van der Waals surface area contributed by atoms with Crippen LogP contribution in [0, 0.1) is 0 Å². The summed E-state index contributed by atoms with van der Waals surface area (Å²) < 4.78 is 0. The molecule has 0 bridgehead atoms. The maximum atomic E-state index is 12.6. The summed E-state index contributed by atoms with van der Waals surface area (Å²) in [5.74, 6) is -0.614. The minimum Gasteiger partial charge on any atom is -0.505 e. The average Bonchev–Trinajstić information content (AvgIpc) is 2.76. The highest BCUT2D eigenvalue weighted by Gasteiger charge is 2.25. The molecule has 0 aliphatic carbocycles. The van der Waals surface area contributed by atoms with Crippen LogP contribution in [-0.4, -0.2) is 29.0 Å². The number of hydrogen-bond acceptors (Lipinski definition) is 6. The minimum absolute atomic E-state index is 0.0441. The molecule has 0 aliphatic heterocycles. The van der Waals surface area contributed by atoms with Crippen LogP contribution in [0.1, 0.15) is 42.7 Å². The van der Waals surface area contributed by atoms with Gasteiger partial charge in [-0.25, -0.2) is 0 Å². The van der Waals surface area contributed by atoms with E-state index in [1.54, 1.807) is 19.2 Å². The van der Waals surface area contributed by atoms with Crippen LogP contribution >= 0.6 is 0 Å². The van der Waals surface area contributed by atoms with Crippen molar-refractivity contribution in [1.29, 1.82) is 0 Å².